The summed E-state index contributed by atoms with van der Waals surface area (Å²) in [5, 5.41) is 31.1. The fourth-order valence-corrected chi connectivity index (χ4v) is 4.41. The molecule has 0 radical (unpaired) electrons. The van der Waals surface area contributed by atoms with E-state index in [-0.39, 0.29) is 40.0 Å². The molecule has 1 aliphatic heterocycles. The molecule has 4 rings (SSSR count). The minimum Gasteiger partial charge on any atom is -0.490 e. The number of ether oxygens (including phenoxy) is 3. The van der Waals surface area contributed by atoms with Gasteiger partial charge in [-0.1, -0.05) is 17.7 Å². The van der Waals surface area contributed by atoms with Gasteiger partial charge in [0.25, 0.3) is 5.69 Å². The van der Waals surface area contributed by atoms with Gasteiger partial charge >= 0.3 is 12.0 Å². The number of nitrogens with one attached hydrogen (secondary N) is 3. The van der Waals surface area contributed by atoms with Crippen molar-refractivity contribution < 1.29 is 38.2 Å². The number of nitro benzene ring substituents is 1. The number of aliphatic hydroxyl groups is 1. The zero-order valence-corrected chi connectivity index (χ0v) is 24.0. The number of aliphatic hydroxyl groups excluding tert-OH is 1. The zero-order chi connectivity index (χ0) is 31.1. The highest BCUT2D eigenvalue weighted by atomic mass is 35.5. The van der Waals surface area contributed by atoms with E-state index in [0.717, 1.165) is 0 Å². The summed E-state index contributed by atoms with van der Waals surface area (Å²) < 4.78 is 22.0. The number of methoxy groups -OCH3 is 1. The number of allylic oxidation sites excluding steroid dienone is 1. The van der Waals surface area contributed by atoms with Crippen molar-refractivity contribution in [2.24, 2.45) is 5.10 Å². The lowest BCUT2D eigenvalue weighted by Crippen LogP contribution is -2.45. The van der Waals surface area contributed by atoms with Crippen LogP contribution in [0.5, 0.6) is 11.5 Å². The van der Waals surface area contributed by atoms with Crippen molar-refractivity contribution in [1.29, 1.82) is 0 Å². The average molecular weight is 614 g/mol. The minimum atomic E-state index is -1.24. The number of esters is 1. The summed E-state index contributed by atoms with van der Waals surface area (Å²) in [6.07, 6.45) is 0.0498. The molecular formula is C28H28ClN5O9. The Bertz CT molecular complexity index is 1590. The molecule has 2 heterocycles. The summed E-state index contributed by atoms with van der Waals surface area (Å²) in [5.74, 6) is 0.546. The van der Waals surface area contributed by atoms with E-state index in [1.807, 2.05) is 0 Å². The molecule has 14 nitrogen and oxygen atoms in total. The van der Waals surface area contributed by atoms with Crippen LogP contribution >= 0.6 is 11.6 Å². The Hall–Kier alpha value is -5.08. The van der Waals surface area contributed by atoms with Crippen molar-refractivity contribution >= 4 is 35.5 Å². The Labute approximate surface area is 250 Å². The zero-order valence-electron chi connectivity index (χ0n) is 23.3. The number of nitrogens with zero attached hydrogens (tertiary/aromatic N) is 2. The number of furan rings is 1. The third kappa shape index (κ3) is 7.42. The molecule has 0 saturated carbocycles. The molecule has 0 fully saturated rings. The standard InChI is InChI=1S/C28H28ClN5O9/c1-4-41-23-11-16(26-25(27(36)40-3)15(2)31-28(37)32-26)5-9-22(23)42-14-24(35)33-30-13-18-7-10-21(43-18)19-8-6-17(29)12-20(19)34(38)39/h5-13,24,26,33,35H,4,14H2,1-3H3,(H2,31,32,37)/b30-13+/t24-,26-/m0/s1. The molecule has 0 saturated heterocycles. The first-order valence-corrected chi connectivity index (χ1v) is 13.3. The van der Waals surface area contributed by atoms with E-state index in [1.54, 1.807) is 44.2 Å². The van der Waals surface area contributed by atoms with E-state index in [4.69, 9.17) is 30.2 Å². The summed E-state index contributed by atoms with van der Waals surface area (Å²) in [6.45, 7) is 3.45. The lowest BCUT2D eigenvalue weighted by molar-refractivity contribution is -0.384. The molecule has 43 heavy (non-hydrogen) atoms. The van der Waals surface area contributed by atoms with Crippen LogP contribution in [-0.4, -0.2) is 54.8 Å². The first-order valence-electron chi connectivity index (χ1n) is 12.9. The number of amides is 2. The lowest BCUT2D eigenvalue weighted by atomic mass is 9.95. The van der Waals surface area contributed by atoms with Crippen LogP contribution in [-0.2, 0) is 9.53 Å². The Morgan fingerprint density at radius 3 is 2.74 bits per heavy atom. The van der Waals surface area contributed by atoms with Crippen LogP contribution in [0.4, 0.5) is 10.5 Å². The molecule has 2 atom stereocenters. The van der Waals surface area contributed by atoms with Gasteiger partial charge in [-0.2, -0.15) is 5.10 Å². The molecule has 226 valence electrons. The van der Waals surface area contributed by atoms with Crippen molar-refractivity contribution in [3.8, 4) is 22.8 Å². The normalized spacial score (nSPS) is 15.5. The van der Waals surface area contributed by atoms with Gasteiger partial charge in [0.2, 0.25) is 0 Å². The Balaban J connectivity index is 1.40. The van der Waals surface area contributed by atoms with Crippen molar-refractivity contribution in [3.05, 3.63) is 86.3 Å². The molecule has 4 N–H and O–H groups in total. The molecule has 0 bridgehead atoms. The summed E-state index contributed by atoms with van der Waals surface area (Å²) in [6, 6.07) is 11.0. The van der Waals surface area contributed by atoms with Gasteiger partial charge in [-0.05, 0) is 55.8 Å². The average Bonchev–Trinajstić information content (AvgIpc) is 3.44. The van der Waals surface area contributed by atoms with Gasteiger partial charge in [-0.15, -0.1) is 0 Å². The minimum absolute atomic E-state index is 0.202. The molecule has 0 unspecified atom stereocenters. The van der Waals surface area contributed by atoms with Crippen LogP contribution in [0.15, 0.2) is 69.3 Å². The maximum atomic E-state index is 12.4. The van der Waals surface area contributed by atoms with Crippen molar-refractivity contribution in [1.82, 2.24) is 16.1 Å². The SMILES string of the molecule is CCOc1cc([C@@H]2NC(=O)NC(C)=C2C(=O)OC)ccc1OC[C@H](O)N/N=C/c1ccc(-c2ccc(Cl)cc2[N+](=O)[O-])o1. The topological polar surface area (TPSA) is 187 Å². The number of benzene rings is 2. The van der Waals surface area contributed by atoms with Crippen LogP contribution in [0.2, 0.25) is 5.02 Å². The molecule has 0 spiro atoms. The fraction of sp³-hybridized carbons (Fsp3) is 0.250. The Morgan fingerprint density at radius 1 is 1.23 bits per heavy atom. The number of carbonyl (C=O) groups is 2. The van der Waals surface area contributed by atoms with Crippen LogP contribution in [0.25, 0.3) is 11.3 Å². The number of urea groups is 1. The van der Waals surface area contributed by atoms with Gasteiger partial charge in [0.15, 0.2) is 17.7 Å². The van der Waals surface area contributed by atoms with Crippen LogP contribution in [0, 0.1) is 10.1 Å². The van der Waals surface area contributed by atoms with Crippen LogP contribution in [0.1, 0.15) is 31.2 Å². The number of hydrogen-bond donors (Lipinski definition) is 4. The number of nitro groups is 1. The summed E-state index contributed by atoms with van der Waals surface area (Å²) in [7, 11) is 1.25. The molecule has 1 aromatic heterocycles. The van der Waals surface area contributed by atoms with Gasteiger partial charge in [0.05, 0.1) is 42.0 Å². The third-order valence-corrected chi connectivity index (χ3v) is 6.37. The van der Waals surface area contributed by atoms with E-state index in [2.05, 4.69) is 21.2 Å². The molecule has 1 aliphatic rings. The molecule has 0 aliphatic carbocycles. The third-order valence-electron chi connectivity index (χ3n) is 6.14. The Morgan fingerprint density at radius 2 is 2.02 bits per heavy atom. The smallest absolute Gasteiger partial charge is 0.337 e. The van der Waals surface area contributed by atoms with Gasteiger partial charge in [-0.3, -0.25) is 15.5 Å². The van der Waals surface area contributed by atoms with Crippen molar-refractivity contribution in [3.63, 3.8) is 0 Å². The monoisotopic (exact) mass is 613 g/mol. The molecule has 15 heteroatoms. The number of hydrazone groups is 1. The highest BCUT2D eigenvalue weighted by Gasteiger charge is 2.32. The second-order valence-corrected chi connectivity index (χ2v) is 9.47. The second-order valence-electron chi connectivity index (χ2n) is 9.04. The van der Waals surface area contributed by atoms with E-state index < -0.39 is 29.2 Å². The Kier molecular flexibility index (Phi) is 9.85. The fourth-order valence-electron chi connectivity index (χ4n) is 4.24. The predicted molar refractivity (Wildman–Crippen MR) is 155 cm³/mol. The van der Waals surface area contributed by atoms with E-state index in [1.165, 1.54) is 31.5 Å². The highest BCUT2D eigenvalue weighted by molar-refractivity contribution is 6.30. The molecule has 2 aromatic carbocycles. The van der Waals surface area contributed by atoms with Crippen LogP contribution in [0.3, 0.4) is 0 Å². The largest absolute Gasteiger partial charge is 0.490 e. The number of hydrogen-bond acceptors (Lipinski definition) is 11. The highest BCUT2D eigenvalue weighted by Crippen LogP contribution is 2.35. The first kappa shape index (κ1) is 30.9. The summed E-state index contributed by atoms with van der Waals surface area (Å²) in [5.41, 5.74) is 3.71. The first-order chi connectivity index (χ1) is 20.6. The second kappa shape index (κ2) is 13.7. The van der Waals surface area contributed by atoms with Gasteiger partial charge in [0.1, 0.15) is 18.1 Å². The number of rotatable bonds is 12. The van der Waals surface area contributed by atoms with E-state index >= 15 is 0 Å². The van der Waals surface area contributed by atoms with E-state index in [0.29, 0.717) is 29.4 Å². The maximum Gasteiger partial charge on any atom is 0.337 e. The van der Waals surface area contributed by atoms with Crippen molar-refractivity contribution in [2.75, 3.05) is 20.3 Å². The number of carbonyl (C=O) groups excluding carboxylic acids is 2. The molecular weight excluding hydrogens is 586 g/mol. The van der Waals surface area contributed by atoms with Gasteiger partial charge < -0.3 is 34.4 Å². The predicted octanol–water partition coefficient (Wildman–Crippen LogP) is 4.03. The van der Waals surface area contributed by atoms with Crippen molar-refractivity contribution in [2.45, 2.75) is 26.1 Å². The number of halogens is 1. The maximum absolute atomic E-state index is 12.4. The quantitative estimate of drug-likeness (QED) is 0.0763. The van der Waals surface area contributed by atoms with Crippen LogP contribution < -0.4 is 25.5 Å². The van der Waals surface area contributed by atoms with Gasteiger partial charge in [0, 0.05) is 16.8 Å². The summed E-state index contributed by atoms with van der Waals surface area (Å²) >= 11 is 5.87. The summed E-state index contributed by atoms with van der Waals surface area (Å²) in [4.78, 5) is 35.3. The molecule has 3 aromatic rings. The lowest BCUT2D eigenvalue weighted by Gasteiger charge is -2.28. The van der Waals surface area contributed by atoms with E-state index in [9.17, 15) is 24.8 Å². The molecule has 2 amide bonds. The van der Waals surface area contributed by atoms with Gasteiger partial charge in [-0.25, -0.2) is 9.59 Å².